The van der Waals surface area contributed by atoms with Crippen LogP contribution in [0.3, 0.4) is 0 Å². The summed E-state index contributed by atoms with van der Waals surface area (Å²) in [5.41, 5.74) is 0.414. The SMILES string of the molecule is CC(C)(C)S(=O)(=O)NCc1ccc(C#N)cc1F. The molecule has 0 amide bonds. The van der Waals surface area contributed by atoms with Crippen LogP contribution in [-0.4, -0.2) is 13.2 Å². The minimum absolute atomic E-state index is 0.128. The highest BCUT2D eigenvalue weighted by Crippen LogP contribution is 2.15. The first-order chi connectivity index (χ1) is 8.17. The van der Waals surface area contributed by atoms with Crippen molar-refractivity contribution in [3.05, 3.63) is 35.1 Å². The third-order valence-electron chi connectivity index (χ3n) is 2.44. The van der Waals surface area contributed by atoms with Crippen LogP contribution in [0.2, 0.25) is 0 Å². The first-order valence-corrected chi connectivity index (χ1v) is 6.83. The van der Waals surface area contributed by atoms with Gasteiger partial charge < -0.3 is 0 Å². The van der Waals surface area contributed by atoms with Gasteiger partial charge in [0.15, 0.2) is 0 Å². The fourth-order valence-electron chi connectivity index (χ4n) is 1.15. The minimum Gasteiger partial charge on any atom is -0.212 e. The second-order valence-electron chi connectivity index (χ2n) is 4.85. The van der Waals surface area contributed by atoms with Gasteiger partial charge in [0.2, 0.25) is 10.0 Å². The minimum atomic E-state index is -3.51. The Morgan fingerprint density at radius 1 is 1.39 bits per heavy atom. The molecule has 0 unspecified atom stereocenters. The summed E-state index contributed by atoms with van der Waals surface area (Å²) in [6, 6.07) is 5.75. The molecule has 4 nitrogen and oxygen atoms in total. The standard InChI is InChI=1S/C12H15FN2O2S/c1-12(2,3)18(16,17)15-8-10-5-4-9(7-14)6-11(10)13/h4-6,15H,8H2,1-3H3. The fourth-order valence-corrected chi connectivity index (χ4v) is 1.93. The topological polar surface area (TPSA) is 70.0 Å². The maximum absolute atomic E-state index is 13.5. The van der Waals surface area contributed by atoms with E-state index in [-0.39, 0.29) is 17.7 Å². The van der Waals surface area contributed by atoms with E-state index in [1.54, 1.807) is 20.8 Å². The lowest BCUT2D eigenvalue weighted by molar-refractivity contribution is 0.541. The van der Waals surface area contributed by atoms with Crippen LogP contribution in [0.25, 0.3) is 0 Å². The third kappa shape index (κ3) is 3.28. The van der Waals surface area contributed by atoms with Crippen molar-refractivity contribution in [2.75, 3.05) is 0 Å². The molecule has 0 atom stereocenters. The Balaban J connectivity index is 2.86. The molecule has 0 bridgehead atoms. The van der Waals surface area contributed by atoms with Crippen molar-refractivity contribution in [1.82, 2.24) is 4.72 Å². The Labute approximate surface area is 106 Å². The second-order valence-corrected chi connectivity index (χ2v) is 7.38. The summed E-state index contributed by atoms with van der Waals surface area (Å²) in [7, 11) is -3.51. The molecular formula is C12H15FN2O2S. The molecule has 98 valence electrons. The van der Waals surface area contributed by atoms with Gasteiger partial charge in [-0.25, -0.2) is 17.5 Å². The molecule has 0 radical (unpaired) electrons. The average Bonchev–Trinajstić information content (AvgIpc) is 2.25. The van der Waals surface area contributed by atoms with Crippen LogP contribution in [0.1, 0.15) is 31.9 Å². The van der Waals surface area contributed by atoms with E-state index in [2.05, 4.69) is 4.72 Å². The first kappa shape index (κ1) is 14.6. The summed E-state index contributed by atoms with van der Waals surface area (Å²) >= 11 is 0. The molecule has 0 aliphatic heterocycles. The van der Waals surface area contributed by atoms with Gasteiger partial charge in [-0.1, -0.05) is 6.07 Å². The lowest BCUT2D eigenvalue weighted by atomic mass is 10.1. The van der Waals surface area contributed by atoms with Crippen LogP contribution in [0.5, 0.6) is 0 Å². The van der Waals surface area contributed by atoms with Gasteiger partial charge in [-0.05, 0) is 32.9 Å². The number of rotatable bonds is 3. The number of sulfonamides is 1. The van der Waals surface area contributed by atoms with E-state index in [0.717, 1.165) is 6.07 Å². The Morgan fingerprint density at radius 3 is 2.44 bits per heavy atom. The number of hydrogen-bond donors (Lipinski definition) is 1. The Kier molecular flexibility index (Phi) is 4.09. The van der Waals surface area contributed by atoms with E-state index in [1.807, 2.05) is 6.07 Å². The molecule has 0 heterocycles. The molecule has 0 saturated carbocycles. The van der Waals surface area contributed by atoms with Crippen LogP contribution in [0, 0.1) is 17.1 Å². The number of nitrogens with zero attached hydrogens (tertiary/aromatic N) is 1. The van der Waals surface area contributed by atoms with Crippen LogP contribution >= 0.6 is 0 Å². The Hall–Kier alpha value is -1.45. The van der Waals surface area contributed by atoms with Crippen molar-refractivity contribution < 1.29 is 12.8 Å². The monoisotopic (exact) mass is 270 g/mol. The summed E-state index contributed by atoms with van der Waals surface area (Å²) in [4.78, 5) is 0. The number of nitriles is 1. The van der Waals surface area contributed by atoms with Gasteiger partial charge in [0.05, 0.1) is 16.4 Å². The normalized spacial score (nSPS) is 12.2. The number of benzene rings is 1. The summed E-state index contributed by atoms with van der Waals surface area (Å²) in [5.74, 6) is -0.592. The highest BCUT2D eigenvalue weighted by atomic mass is 32.2. The first-order valence-electron chi connectivity index (χ1n) is 5.35. The second kappa shape index (κ2) is 5.04. The van der Waals surface area contributed by atoms with Gasteiger partial charge >= 0.3 is 0 Å². The van der Waals surface area contributed by atoms with Gasteiger partial charge in [-0.3, -0.25) is 0 Å². The lowest BCUT2D eigenvalue weighted by Gasteiger charge is -2.19. The van der Waals surface area contributed by atoms with Crippen molar-refractivity contribution in [2.24, 2.45) is 0 Å². The van der Waals surface area contributed by atoms with E-state index in [9.17, 15) is 12.8 Å². The van der Waals surface area contributed by atoms with E-state index in [0.29, 0.717) is 0 Å². The molecule has 0 aliphatic carbocycles. The predicted octanol–water partition coefficient (Wildman–Crippen LogP) is 1.92. The molecule has 1 N–H and O–H groups in total. The summed E-state index contributed by atoms with van der Waals surface area (Å²) < 4.78 is 38.5. The molecule has 0 fully saturated rings. The molecule has 6 heteroatoms. The van der Waals surface area contributed by atoms with E-state index in [1.165, 1.54) is 12.1 Å². The smallest absolute Gasteiger partial charge is 0.212 e. The van der Waals surface area contributed by atoms with Crippen molar-refractivity contribution in [2.45, 2.75) is 32.1 Å². The third-order valence-corrected chi connectivity index (χ3v) is 4.58. The van der Waals surface area contributed by atoms with Crippen molar-refractivity contribution in [3.8, 4) is 6.07 Å². The highest BCUT2D eigenvalue weighted by Gasteiger charge is 2.28. The number of hydrogen-bond acceptors (Lipinski definition) is 3. The molecule has 0 aromatic heterocycles. The molecule has 1 rings (SSSR count). The average molecular weight is 270 g/mol. The van der Waals surface area contributed by atoms with Crippen molar-refractivity contribution in [1.29, 1.82) is 5.26 Å². The summed E-state index contributed by atoms with van der Waals surface area (Å²) in [5, 5.41) is 8.59. The maximum Gasteiger partial charge on any atom is 0.216 e. The largest absolute Gasteiger partial charge is 0.216 e. The Morgan fingerprint density at radius 2 is 2.00 bits per heavy atom. The maximum atomic E-state index is 13.5. The van der Waals surface area contributed by atoms with Gasteiger partial charge in [-0.15, -0.1) is 0 Å². The molecule has 1 aromatic carbocycles. The quantitative estimate of drug-likeness (QED) is 0.912. The van der Waals surface area contributed by atoms with Crippen molar-refractivity contribution in [3.63, 3.8) is 0 Å². The van der Waals surface area contributed by atoms with Gasteiger partial charge in [0.1, 0.15) is 5.82 Å². The molecular weight excluding hydrogens is 255 g/mol. The number of halogens is 1. The van der Waals surface area contributed by atoms with E-state index in [4.69, 9.17) is 5.26 Å². The van der Waals surface area contributed by atoms with Crippen LogP contribution in [0.4, 0.5) is 4.39 Å². The molecule has 0 saturated heterocycles. The fraction of sp³-hybridized carbons (Fsp3) is 0.417. The molecule has 1 aromatic rings. The zero-order chi connectivity index (χ0) is 14.0. The highest BCUT2D eigenvalue weighted by molar-refractivity contribution is 7.90. The molecule has 0 spiro atoms. The zero-order valence-electron chi connectivity index (χ0n) is 10.5. The molecule has 18 heavy (non-hydrogen) atoms. The van der Waals surface area contributed by atoms with Crippen LogP contribution in [-0.2, 0) is 16.6 Å². The Bertz CT molecular complexity index is 583. The molecule has 0 aliphatic rings. The number of nitrogens with one attached hydrogen (secondary N) is 1. The lowest BCUT2D eigenvalue weighted by Crippen LogP contribution is -2.39. The zero-order valence-corrected chi connectivity index (χ0v) is 11.3. The van der Waals surface area contributed by atoms with Crippen LogP contribution in [0.15, 0.2) is 18.2 Å². The van der Waals surface area contributed by atoms with Crippen LogP contribution < -0.4 is 4.72 Å². The van der Waals surface area contributed by atoms with Gasteiger partial charge in [-0.2, -0.15) is 5.26 Å². The van der Waals surface area contributed by atoms with Gasteiger partial charge in [0.25, 0.3) is 0 Å². The van der Waals surface area contributed by atoms with Crippen molar-refractivity contribution >= 4 is 10.0 Å². The van der Waals surface area contributed by atoms with E-state index >= 15 is 0 Å². The predicted molar refractivity (Wildman–Crippen MR) is 66.6 cm³/mol. The summed E-state index contributed by atoms with van der Waals surface area (Å²) in [6.45, 7) is 4.55. The van der Waals surface area contributed by atoms with Gasteiger partial charge in [0, 0.05) is 12.1 Å². The van der Waals surface area contributed by atoms with E-state index < -0.39 is 20.6 Å². The summed E-state index contributed by atoms with van der Waals surface area (Å²) in [6.07, 6.45) is 0.